The molecule has 0 spiro atoms. The van der Waals surface area contributed by atoms with E-state index in [1.54, 1.807) is 35.1 Å². The second kappa shape index (κ2) is 6.61. The van der Waals surface area contributed by atoms with Crippen molar-refractivity contribution < 1.29 is 4.79 Å². The van der Waals surface area contributed by atoms with Crippen molar-refractivity contribution in [3.8, 4) is 0 Å². The number of nitrogens with one attached hydrogen (secondary N) is 2. The molecule has 3 heterocycles. The molecule has 1 aliphatic heterocycles. The highest BCUT2D eigenvalue weighted by Gasteiger charge is 2.40. The monoisotopic (exact) mass is 366 g/mol. The number of carbonyl (C=O) groups is 1. The SMILES string of the molecule is C=C1Nc2ncnn2C(c2ccccn2)C1C(=O)Nc1ccc(Cl)cc1. The lowest BCUT2D eigenvalue weighted by Gasteiger charge is -2.33. The summed E-state index contributed by atoms with van der Waals surface area (Å²) in [6.07, 6.45) is 3.12. The van der Waals surface area contributed by atoms with Crippen LogP contribution in [0.15, 0.2) is 67.3 Å². The molecule has 26 heavy (non-hydrogen) atoms. The smallest absolute Gasteiger partial charge is 0.236 e. The molecule has 2 N–H and O–H groups in total. The van der Waals surface area contributed by atoms with Crippen molar-refractivity contribution in [3.63, 3.8) is 0 Å². The first-order valence-electron chi connectivity index (χ1n) is 7.96. The van der Waals surface area contributed by atoms with Gasteiger partial charge in [-0.1, -0.05) is 24.2 Å². The number of carbonyl (C=O) groups excluding carboxylic acids is 1. The molecule has 8 heteroatoms. The quantitative estimate of drug-likeness (QED) is 0.744. The molecule has 1 aliphatic rings. The Hall–Kier alpha value is -3.19. The molecule has 2 aromatic heterocycles. The number of halogens is 1. The number of nitrogens with zero attached hydrogens (tertiary/aromatic N) is 4. The van der Waals surface area contributed by atoms with Crippen molar-refractivity contribution in [2.24, 2.45) is 5.92 Å². The Morgan fingerprint density at radius 2 is 2.00 bits per heavy atom. The molecule has 130 valence electrons. The Morgan fingerprint density at radius 1 is 1.19 bits per heavy atom. The zero-order chi connectivity index (χ0) is 18.1. The lowest BCUT2D eigenvalue weighted by molar-refractivity contribution is -0.119. The molecule has 7 nitrogen and oxygen atoms in total. The molecular formula is C18H15ClN6O. The van der Waals surface area contributed by atoms with Crippen molar-refractivity contribution in [2.75, 3.05) is 10.6 Å². The molecule has 1 aromatic carbocycles. The van der Waals surface area contributed by atoms with E-state index in [0.29, 0.717) is 28.0 Å². The molecule has 4 rings (SSSR count). The number of amides is 1. The number of hydrogen-bond donors (Lipinski definition) is 2. The highest BCUT2D eigenvalue weighted by Crippen LogP contribution is 2.36. The lowest BCUT2D eigenvalue weighted by atomic mass is 9.91. The van der Waals surface area contributed by atoms with E-state index in [0.717, 1.165) is 0 Å². The van der Waals surface area contributed by atoms with E-state index in [-0.39, 0.29) is 5.91 Å². The van der Waals surface area contributed by atoms with E-state index in [9.17, 15) is 4.79 Å². The second-order valence-electron chi connectivity index (χ2n) is 5.85. The maximum Gasteiger partial charge on any atom is 0.236 e. The van der Waals surface area contributed by atoms with Gasteiger partial charge in [0.05, 0.1) is 5.69 Å². The molecule has 0 saturated heterocycles. The third-order valence-corrected chi connectivity index (χ3v) is 4.44. The van der Waals surface area contributed by atoms with E-state index in [4.69, 9.17) is 11.6 Å². The normalized spacial score (nSPS) is 18.7. The first-order chi connectivity index (χ1) is 12.6. The molecule has 0 aliphatic carbocycles. The predicted octanol–water partition coefficient (Wildman–Crippen LogP) is 3.11. The van der Waals surface area contributed by atoms with Crippen LogP contribution in [0.4, 0.5) is 11.6 Å². The van der Waals surface area contributed by atoms with Gasteiger partial charge in [0.25, 0.3) is 0 Å². The van der Waals surface area contributed by atoms with Crippen molar-refractivity contribution >= 4 is 29.1 Å². The van der Waals surface area contributed by atoms with Crippen LogP contribution >= 0.6 is 11.6 Å². The minimum Gasteiger partial charge on any atom is -0.328 e. The van der Waals surface area contributed by atoms with Crippen LogP contribution in [-0.2, 0) is 4.79 Å². The fourth-order valence-electron chi connectivity index (χ4n) is 3.00. The molecule has 2 atom stereocenters. The maximum atomic E-state index is 13.0. The predicted molar refractivity (Wildman–Crippen MR) is 98.7 cm³/mol. The summed E-state index contributed by atoms with van der Waals surface area (Å²) >= 11 is 5.90. The first kappa shape index (κ1) is 16.3. The molecule has 0 bridgehead atoms. The van der Waals surface area contributed by atoms with E-state index < -0.39 is 12.0 Å². The molecule has 0 saturated carbocycles. The zero-order valence-corrected chi connectivity index (χ0v) is 14.4. The minimum absolute atomic E-state index is 0.221. The zero-order valence-electron chi connectivity index (χ0n) is 13.6. The van der Waals surface area contributed by atoms with Gasteiger partial charge >= 0.3 is 0 Å². The highest BCUT2D eigenvalue weighted by atomic mass is 35.5. The summed E-state index contributed by atoms with van der Waals surface area (Å²) in [5.41, 5.74) is 1.89. The van der Waals surface area contributed by atoms with Crippen molar-refractivity contribution in [2.45, 2.75) is 6.04 Å². The van der Waals surface area contributed by atoms with E-state index in [1.807, 2.05) is 18.2 Å². The molecule has 0 fully saturated rings. The van der Waals surface area contributed by atoms with Gasteiger partial charge in [0.1, 0.15) is 18.3 Å². The van der Waals surface area contributed by atoms with Gasteiger partial charge < -0.3 is 10.6 Å². The largest absolute Gasteiger partial charge is 0.328 e. The number of aromatic nitrogens is 4. The van der Waals surface area contributed by atoms with Gasteiger partial charge in [-0.05, 0) is 36.4 Å². The van der Waals surface area contributed by atoms with Crippen molar-refractivity contribution in [1.82, 2.24) is 19.7 Å². The number of rotatable bonds is 3. The van der Waals surface area contributed by atoms with Gasteiger partial charge in [-0.15, -0.1) is 0 Å². The van der Waals surface area contributed by atoms with Crippen molar-refractivity contribution in [3.05, 3.63) is 78.0 Å². The Morgan fingerprint density at radius 3 is 2.73 bits per heavy atom. The Labute approximate surface area is 154 Å². The highest BCUT2D eigenvalue weighted by molar-refractivity contribution is 6.30. The van der Waals surface area contributed by atoms with Crippen LogP contribution in [0.2, 0.25) is 5.02 Å². The van der Waals surface area contributed by atoms with Crippen LogP contribution in [0.3, 0.4) is 0 Å². The molecule has 1 amide bonds. The average molecular weight is 367 g/mol. The summed E-state index contributed by atoms with van der Waals surface area (Å²) in [6.45, 7) is 4.02. The Kier molecular flexibility index (Phi) is 4.14. The Balaban J connectivity index is 1.71. The van der Waals surface area contributed by atoms with Crippen LogP contribution in [0.1, 0.15) is 11.7 Å². The van der Waals surface area contributed by atoms with Gasteiger partial charge in [-0.3, -0.25) is 9.78 Å². The van der Waals surface area contributed by atoms with Crippen molar-refractivity contribution in [1.29, 1.82) is 0 Å². The van der Waals surface area contributed by atoms with Crippen LogP contribution < -0.4 is 10.6 Å². The fourth-order valence-corrected chi connectivity index (χ4v) is 3.12. The average Bonchev–Trinajstić information content (AvgIpc) is 3.11. The van der Waals surface area contributed by atoms with Gasteiger partial charge in [0, 0.05) is 22.6 Å². The van der Waals surface area contributed by atoms with Gasteiger partial charge in [0.15, 0.2) is 0 Å². The molecule has 3 aromatic rings. The van der Waals surface area contributed by atoms with Crippen LogP contribution in [0.25, 0.3) is 0 Å². The lowest BCUT2D eigenvalue weighted by Crippen LogP contribution is -2.39. The standard InChI is InChI=1S/C18H15ClN6O/c1-11-15(17(26)24-13-7-5-12(19)6-8-13)16(14-4-2-3-9-20-14)25-18(23-11)21-10-22-25/h2-10,15-16H,1H2,(H,24,26)(H,21,22,23). The van der Waals surface area contributed by atoms with E-state index in [2.05, 4.69) is 32.3 Å². The summed E-state index contributed by atoms with van der Waals surface area (Å²) < 4.78 is 1.66. The number of benzene rings is 1. The molecule has 2 unspecified atom stereocenters. The summed E-state index contributed by atoms with van der Waals surface area (Å²) in [6, 6.07) is 12.0. The van der Waals surface area contributed by atoms with E-state index in [1.165, 1.54) is 6.33 Å². The molecule has 0 radical (unpaired) electrons. The van der Waals surface area contributed by atoms with Gasteiger partial charge in [-0.25, -0.2) is 4.68 Å². The first-order valence-corrected chi connectivity index (χ1v) is 8.34. The number of pyridine rings is 1. The number of fused-ring (bicyclic) bond motifs is 1. The van der Waals surface area contributed by atoms with Gasteiger partial charge in [-0.2, -0.15) is 10.1 Å². The van der Waals surface area contributed by atoms with Crippen LogP contribution in [-0.4, -0.2) is 25.7 Å². The fraction of sp³-hybridized carbons (Fsp3) is 0.111. The van der Waals surface area contributed by atoms with Gasteiger partial charge in [0.2, 0.25) is 11.9 Å². The Bertz CT molecular complexity index is 953. The van der Waals surface area contributed by atoms with Crippen LogP contribution in [0.5, 0.6) is 0 Å². The third kappa shape index (κ3) is 2.93. The number of anilines is 2. The van der Waals surface area contributed by atoms with Crippen LogP contribution in [0, 0.1) is 5.92 Å². The van der Waals surface area contributed by atoms with E-state index >= 15 is 0 Å². The number of hydrogen-bond acceptors (Lipinski definition) is 5. The topological polar surface area (TPSA) is 84.7 Å². The maximum absolute atomic E-state index is 13.0. The summed E-state index contributed by atoms with van der Waals surface area (Å²) in [5, 5.41) is 10.8. The molecular weight excluding hydrogens is 352 g/mol. The summed E-state index contributed by atoms with van der Waals surface area (Å²) in [4.78, 5) is 21.6. The minimum atomic E-state index is -0.616. The third-order valence-electron chi connectivity index (χ3n) is 4.19. The summed E-state index contributed by atoms with van der Waals surface area (Å²) in [7, 11) is 0. The summed E-state index contributed by atoms with van der Waals surface area (Å²) in [5.74, 6) is -0.308. The second-order valence-corrected chi connectivity index (χ2v) is 6.29.